The Morgan fingerprint density at radius 1 is 1.26 bits per heavy atom. The smallest absolute Gasteiger partial charge is 0.237 e. The van der Waals surface area contributed by atoms with E-state index in [2.05, 4.69) is 23.8 Å². The molecule has 2 unspecified atom stereocenters. The van der Waals surface area contributed by atoms with Gasteiger partial charge < -0.3 is 10.5 Å². The van der Waals surface area contributed by atoms with Gasteiger partial charge in [-0.1, -0.05) is 26.7 Å². The third-order valence-electron chi connectivity index (χ3n) is 4.43. The average Bonchev–Trinajstić information content (AvgIpc) is 2.62. The van der Waals surface area contributed by atoms with E-state index in [1.165, 1.54) is 6.42 Å². The van der Waals surface area contributed by atoms with Crippen molar-refractivity contribution in [2.24, 2.45) is 17.6 Å². The molecule has 1 heterocycles. The molecule has 1 aromatic rings. The molecule has 106 valence electrons. The van der Waals surface area contributed by atoms with E-state index < -0.39 is 0 Å². The van der Waals surface area contributed by atoms with Crippen molar-refractivity contribution in [2.75, 3.05) is 7.11 Å². The lowest BCUT2D eigenvalue weighted by Gasteiger charge is -2.28. The maximum absolute atomic E-state index is 6.64. The van der Waals surface area contributed by atoms with Crippen LogP contribution >= 0.6 is 0 Å². The number of hydrogen-bond acceptors (Lipinski definition) is 4. The minimum absolute atomic E-state index is 0.386. The first-order valence-corrected chi connectivity index (χ1v) is 7.21. The molecule has 19 heavy (non-hydrogen) atoms. The Morgan fingerprint density at radius 3 is 2.68 bits per heavy atom. The van der Waals surface area contributed by atoms with Gasteiger partial charge in [0.15, 0.2) is 0 Å². The van der Waals surface area contributed by atoms with Crippen molar-refractivity contribution >= 4 is 0 Å². The fourth-order valence-corrected chi connectivity index (χ4v) is 3.11. The third-order valence-corrected chi connectivity index (χ3v) is 4.43. The molecule has 0 saturated heterocycles. The number of nitrogens with zero attached hydrogens (tertiary/aromatic N) is 2. The van der Waals surface area contributed by atoms with Crippen LogP contribution in [0.25, 0.3) is 0 Å². The Balaban J connectivity index is 2.22. The zero-order valence-electron chi connectivity index (χ0n) is 12.2. The molecule has 0 amide bonds. The lowest BCUT2D eigenvalue weighted by molar-refractivity contribution is 0.309. The molecular formula is C15H25N3O. The second kappa shape index (κ2) is 5.87. The number of methoxy groups -OCH3 is 1. The van der Waals surface area contributed by atoms with Gasteiger partial charge in [0.1, 0.15) is 5.69 Å². The molecule has 4 heteroatoms. The molecule has 4 nitrogen and oxygen atoms in total. The minimum atomic E-state index is -0.386. The van der Waals surface area contributed by atoms with Crippen LogP contribution in [0, 0.1) is 11.8 Å². The number of nitrogens with two attached hydrogens (primary N) is 1. The van der Waals surface area contributed by atoms with E-state index in [1.54, 1.807) is 19.5 Å². The normalized spacial score (nSPS) is 28.2. The zero-order chi connectivity index (χ0) is 13.9. The summed E-state index contributed by atoms with van der Waals surface area (Å²) in [5.74, 6) is 2.08. The van der Waals surface area contributed by atoms with Crippen molar-refractivity contribution in [3.8, 4) is 5.88 Å². The summed E-state index contributed by atoms with van der Waals surface area (Å²) in [6.07, 6.45) is 8.86. The van der Waals surface area contributed by atoms with Crippen molar-refractivity contribution in [1.82, 2.24) is 9.97 Å². The fourth-order valence-electron chi connectivity index (χ4n) is 3.11. The summed E-state index contributed by atoms with van der Waals surface area (Å²) in [5, 5.41) is 0. The quantitative estimate of drug-likeness (QED) is 0.852. The first kappa shape index (κ1) is 14.3. The Hall–Kier alpha value is -1.16. The van der Waals surface area contributed by atoms with E-state index in [0.29, 0.717) is 5.88 Å². The maximum atomic E-state index is 6.64. The second-order valence-electron chi connectivity index (χ2n) is 6.01. The van der Waals surface area contributed by atoms with Gasteiger partial charge in [-0.25, -0.2) is 4.98 Å². The molecule has 0 radical (unpaired) electrons. The monoisotopic (exact) mass is 263 g/mol. The largest absolute Gasteiger partial charge is 0.480 e. The molecule has 2 N–H and O–H groups in total. The Morgan fingerprint density at radius 2 is 2.00 bits per heavy atom. The van der Waals surface area contributed by atoms with Crippen molar-refractivity contribution in [3.63, 3.8) is 0 Å². The summed E-state index contributed by atoms with van der Waals surface area (Å²) in [6, 6.07) is 0. The maximum Gasteiger partial charge on any atom is 0.237 e. The van der Waals surface area contributed by atoms with Crippen LogP contribution in [0.4, 0.5) is 0 Å². The Kier molecular flexibility index (Phi) is 4.40. The summed E-state index contributed by atoms with van der Waals surface area (Å²) in [7, 11) is 1.63. The predicted octanol–water partition coefficient (Wildman–Crippen LogP) is 2.88. The van der Waals surface area contributed by atoms with Crippen LogP contribution in [0.2, 0.25) is 0 Å². The molecule has 1 aliphatic rings. The Bertz CT molecular complexity index is 422. The van der Waals surface area contributed by atoms with Gasteiger partial charge in [-0.05, 0) is 31.1 Å². The van der Waals surface area contributed by atoms with Crippen molar-refractivity contribution in [2.45, 2.75) is 51.5 Å². The van der Waals surface area contributed by atoms with E-state index in [4.69, 9.17) is 10.5 Å². The third kappa shape index (κ3) is 3.06. The molecule has 0 spiro atoms. The van der Waals surface area contributed by atoms with Gasteiger partial charge in [0.2, 0.25) is 5.88 Å². The van der Waals surface area contributed by atoms with Gasteiger partial charge in [0, 0.05) is 12.4 Å². The van der Waals surface area contributed by atoms with E-state index in [0.717, 1.165) is 43.2 Å². The highest BCUT2D eigenvalue weighted by Crippen LogP contribution is 2.39. The van der Waals surface area contributed by atoms with E-state index in [1.807, 2.05) is 0 Å². The van der Waals surface area contributed by atoms with Crippen LogP contribution in [-0.2, 0) is 5.54 Å². The SMILES string of the molecule is COc1nccnc1C1(N)CCCC(C(C)C)CC1. The van der Waals surface area contributed by atoms with Crippen LogP contribution in [0.3, 0.4) is 0 Å². The highest BCUT2D eigenvalue weighted by atomic mass is 16.5. The van der Waals surface area contributed by atoms with Gasteiger partial charge in [0.05, 0.1) is 12.6 Å². The average molecular weight is 263 g/mol. The van der Waals surface area contributed by atoms with E-state index in [-0.39, 0.29) is 5.54 Å². The van der Waals surface area contributed by atoms with Gasteiger partial charge in [-0.2, -0.15) is 0 Å². The van der Waals surface area contributed by atoms with Crippen LogP contribution in [0.15, 0.2) is 12.4 Å². The van der Waals surface area contributed by atoms with Crippen LogP contribution in [0.1, 0.15) is 51.6 Å². The highest BCUT2D eigenvalue weighted by molar-refractivity contribution is 5.26. The molecule has 2 atom stereocenters. The van der Waals surface area contributed by atoms with Crippen LogP contribution in [0.5, 0.6) is 5.88 Å². The van der Waals surface area contributed by atoms with Crippen LogP contribution in [-0.4, -0.2) is 17.1 Å². The van der Waals surface area contributed by atoms with Gasteiger partial charge in [0.25, 0.3) is 0 Å². The van der Waals surface area contributed by atoms with Gasteiger partial charge in [-0.15, -0.1) is 0 Å². The number of ether oxygens (including phenoxy) is 1. The topological polar surface area (TPSA) is 61.0 Å². The van der Waals surface area contributed by atoms with E-state index in [9.17, 15) is 0 Å². The minimum Gasteiger partial charge on any atom is -0.480 e. The predicted molar refractivity (Wildman–Crippen MR) is 75.9 cm³/mol. The Labute approximate surface area is 115 Å². The van der Waals surface area contributed by atoms with Gasteiger partial charge >= 0.3 is 0 Å². The lowest BCUT2D eigenvalue weighted by Crippen LogP contribution is -2.37. The molecular weight excluding hydrogens is 238 g/mol. The fraction of sp³-hybridized carbons (Fsp3) is 0.733. The van der Waals surface area contributed by atoms with Crippen molar-refractivity contribution in [1.29, 1.82) is 0 Å². The summed E-state index contributed by atoms with van der Waals surface area (Å²) in [5.41, 5.74) is 7.07. The summed E-state index contributed by atoms with van der Waals surface area (Å²) >= 11 is 0. The summed E-state index contributed by atoms with van der Waals surface area (Å²) in [4.78, 5) is 8.68. The molecule has 1 aliphatic carbocycles. The molecule has 1 aromatic heterocycles. The highest BCUT2D eigenvalue weighted by Gasteiger charge is 2.35. The molecule has 1 fully saturated rings. The van der Waals surface area contributed by atoms with Crippen molar-refractivity contribution < 1.29 is 4.74 Å². The summed E-state index contributed by atoms with van der Waals surface area (Å²) in [6.45, 7) is 4.61. The molecule has 0 aliphatic heterocycles. The molecule has 2 rings (SSSR count). The van der Waals surface area contributed by atoms with Gasteiger partial charge in [-0.3, -0.25) is 4.98 Å². The number of hydrogen-bond donors (Lipinski definition) is 1. The number of aromatic nitrogens is 2. The lowest BCUT2D eigenvalue weighted by atomic mass is 9.85. The van der Waals surface area contributed by atoms with E-state index >= 15 is 0 Å². The van der Waals surface area contributed by atoms with Crippen LogP contribution < -0.4 is 10.5 Å². The summed E-state index contributed by atoms with van der Waals surface area (Å²) < 4.78 is 5.33. The second-order valence-corrected chi connectivity index (χ2v) is 6.01. The number of rotatable bonds is 3. The standard InChI is InChI=1S/C15H25N3O/c1-11(2)12-5-4-7-15(16,8-6-12)13-14(19-3)18-10-9-17-13/h9-12H,4-8,16H2,1-3H3. The van der Waals surface area contributed by atoms with Crippen molar-refractivity contribution in [3.05, 3.63) is 18.1 Å². The molecule has 0 aromatic carbocycles. The molecule has 0 bridgehead atoms. The zero-order valence-corrected chi connectivity index (χ0v) is 12.2. The molecule has 1 saturated carbocycles. The first-order chi connectivity index (χ1) is 9.07. The first-order valence-electron chi connectivity index (χ1n) is 7.21.